The predicted octanol–water partition coefficient (Wildman–Crippen LogP) is 4.48. The molecule has 0 aliphatic carbocycles. The van der Waals surface area contributed by atoms with Crippen LogP contribution in [-0.4, -0.2) is 44.2 Å². The molecule has 0 radical (unpaired) electrons. The van der Waals surface area contributed by atoms with E-state index in [0.29, 0.717) is 0 Å². The van der Waals surface area contributed by atoms with E-state index in [9.17, 15) is 4.79 Å². The minimum Gasteiger partial charge on any atom is -0.430 e. The number of alkyl carbamates (subject to hydrolysis) is 1. The van der Waals surface area contributed by atoms with Crippen molar-refractivity contribution in [1.29, 1.82) is 0 Å². The minimum atomic E-state index is -0.649. The van der Waals surface area contributed by atoms with Crippen molar-refractivity contribution in [1.82, 2.24) is 5.32 Å². The molecule has 1 aromatic carbocycles. The number of rotatable bonds is 12. The molecule has 0 spiro atoms. The number of halogens is 1. The molecule has 1 unspecified atom stereocenters. The first-order valence-corrected chi connectivity index (χ1v) is 9.71. The Labute approximate surface area is 167 Å². The summed E-state index contributed by atoms with van der Waals surface area (Å²) in [6.07, 6.45) is 2.16. The Balaban J connectivity index is 2.47. The lowest BCUT2D eigenvalue weighted by Crippen LogP contribution is -2.31. The number of hydrogen-bond donors (Lipinski definition) is 1. The van der Waals surface area contributed by atoms with Crippen molar-refractivity contribution in [3.8, 4) is 0 Å². The molecule has 6 nitrogen and oxygen atoms in total. The van der Waals surface area contributed by atoms with E-state index < -0.39 is 11.7 Å². The van der Waals surface area contributed by atoms with Crippen LogP contribution in [0.15, 0.2) is 29.4 Å². The van der Waals surface area contributed by atoms with Crippen LogP contribution in [0, 0.1) is 12.8 Å². The van der Waals surface area contributed by atoms with Gasteiger partial charge in [0, 0.05) is 19.6 Å². The van der Waals surface area contributed by atoms with Crippen molar-refractivity contribution in [2.24, 2.45) is 11.1 Å². The molecule has 7 heteroatoms. The highest BCUT2D eigenvalue weighted by molar-refractivity contribution is 6.20. The summed E-state index contributed by atoms with van der Waals surface area (Å²) >= 11 is 5.90. The third-order valence-corrected chi connectivity index (χ3v) is 4.37. The Morgan fingerprint density at radius 1 is 1.19 bits per heavy atom. The molecule has 0 bridgehead atoms. The van der Waals surface area contributed by atoms with Gasteiger partial charge in [0.05, 0.1) is 12.3 Å². The fourth-order valence-corrected chi connectivity index (χ4v) is 2.21. The zero-order valence-corrected chi connectivity index (χ0v) is 17.4. The average molecular weight is 399 g/mol. The molecule has 0 fully saturated rings. The molecule has 0 saturated heterocycles. The number of nitrogens with one attached hydrogen (secondary N) is 1. The zero-order valence-electron chi connectivity index (χ0n) is 16.7. The Morgan fingerprint density at radius 2 is 1.89 bits per heavy atom. The summed E-state index contributed by atoms with van der Waals surface area (Å²) in [7, 11) is 1.70. The smallest absolute Gasteiger partial charge is 0.408 e. The number of alkyl halides is 1. The van der Waals surface area contributed by atoms with Crippen molar-refractivity contribution in [3.05, 3.63) is 35.4 Å². The monoisotopic (exact) mass is 398 g/mol. The lowest BCUT2D eigenvalue weighted by Gasteiger charge is -2.14. The van der Waals surface area contributed by atoms with E-state index >= 15 is 0 Å². The van der Waals surface area contributed by atoms with Gasteiger partial charge in [-0.1, -0.05) is 60.4 Å². The zero-order chi connectivity index (χ0) is 20.1. The molecule has 0 heterocycles. The maximum Gasteiger partial charge on any atom is 0.408 e. The lowest BCUT2D eigenvalue weighted by atomic mass is 10.0. The average Bonchev–Trinajstić information content (AvgIpc) is 2.63. The molecule has 0 aliphatic rings. The van der Waals surface area contributed by atoms with E-state index in [0.717, 1.165) is 37.1 Å². The Kier molecular flexibility index (Phi) is 11.5. The normalized spacial score (nSPS) is 12.7. The SMILES string of the molecule is COCCCC/C(=N\OCCNC(=O)OC(Cl)C(C)C)c1ccc(C)cc1. The standard InChI is InChI=1S/C20H31ClN2O4/c1-15(2)19(21)27-20(24)22-12-14-26-23-18(7-5-6-13-25-4)17-10-8-16(3)9-11-17/h8-11,15,19H,5-7,12-14H2,1-4H3,(H,22,24)/b23-18+. The van der Waals surface area contributed by atoms with Crippen LogP contribution < -0.4 is 5.32 Å². The van der Waals surface area contributed by atoms with Crippen LogP contribution >= 0.6 is 11.6 Å². The number of unbranched alkanes of at least 4 members (excludes halogenated alkanes) is 1. The van der Waals surface area contributed by atoms with Crippen LogP contribution in [0.3, 0.4) is 0 Å². The van der Waals surface area contributed by atoms with Gasteiger partial charge in [0.25, 0.3) is 0 Å². The van der Waals surface area contributed by atoms with Crippen LogP contribution in [0.25, 0.3) is 0 Å². The van der Waals surface area contributed by atoms with Gasteiger partial charge in [0.2, 0.25) is 0 Å². The molecule has 1 N–H and O–H groups in total. The number of hydrogen-bond acceptors (Lipinski definition) is 5. The van der Waals surface area contributed by atoms with Crippen LogP contribution in [0.2, 0.25) is 0 Å². The Bertz CT molecular complexity index is 576. The van der Waals surface area contributed by atoms with Gasteiger partial charge in [-0.05, 0) is 31.7 Å². The van der Waals surface area contributed by atoms with E-state index in [1.165, 1.54) is 5.56 Å². The number of methoxy groups -OCH3 is 1. The van der Waals surface area contributed by atoms with Crippen LogP contribution in [-0.2, 0) is 14.3 Å². The van der Waals surface area contributed by atoms with Gasteiger partial charge < -0.3 is 19.6 Å². The number of amides is 1. The fraction of sp³-hybridized carbons (Fsp3) is 0.600. The summed E-state index contributed by atoms with van der Waals surface area (Å²) < 4.78 is 10.1. The second-order valence-corrected chi connectivity index (χ2v) is 7.04. The Morgan fingerprint density at radius 3 is 2.52 bits per heavy atom. The van der Waals surface area contributed by atoms with Gasteiger partial charge in [-0.15, -0.1) is 0 Å². The summed E-state index contributed by atoms with van der Waals surface area (Å²) in [4.78, 5) is 17.0. The first-order chi connectivity index (χ1) is 12.9. The third-order valence-electron chi connectivity index (χ3n) is 3.78. The second-order valence-electron chi connectivity index (χ2n) is 6.61. The minimum absolute atomic E-state index is 0.0495. The van der Waals surface area contributed by atoms with E-state index in [1.807, 2.05) is 32.9 Å². The third kappa shape index (κ3) is 10.2. The quantitative estimate of drug-likeness (QED) is 0.244. The van der Waals surface area contributed by atoms with Gasteiger partial charge in [-0.2, -0.15) is 0 Å². The van der Waals surface area contributed by atoms with Crippen molar-refractivity contribution in [2.75, 3.05) is 26.9 Å². The first-order valence-electron chi connectivity index (χ1n) is 9.27. The molecule has 0 saturated carbocycles. The maximum absolute atomic E-state index is 11.6. The molecule has 27 heavy (non-hydrogen) atoms. The molecule has 152 valence electrons. The molecule has 1 atom stereocenters. The van der Waals surface area contributed by atoms with E-state index in [4.69, 9.17) is 25.9 Å². The molecular formula is C20H31ClN2O4. The van der Waals surface area contributed by atoms with E-state index in [2.05, 4.69) is 22.6 Å². The molecule has 1 amide bonds. The first kappa shape index (κ1) is 23.2. The molecule has 0 aliphatic heterocycles. The summed E-state index contributed by atoms with van der Waals surface area (Å²) in [5, 5.41) is 6.86. The van der Waals surface area contributed by atoms with E-state index in [1.54, 1.807) is 7.11 Å². The van der Waals surface area contributed by atoms with Gasteiger partial charge in [0.15, 0.2) is 5.56 Å². The molecule has 1 rings (SSSR count). The second kappa shape index (κ2) is 13.4. The Hall–Kier alpha value is -1.79. The van der Waals surface area contributed by atoms with E-state index in [-0.39, 0.29) is 19.1 Å². The largest absolute Gasteiger partial charge is 0.430 e. The van der Waals surface area contributed by atoms with Crippen LogP contribution in [0.4, 0.5) is 4.79 Å². The molecule has 0 aromatic heterocycles. The number of carbonyl (C=O) groups excluding carboxylic acids is 1. The summed E-state index contributed by atoms with van der Waals surface area (Å²) in [6, 6.07) is 8.18. The van der Waals surface area contributed by atoms with Gasteiger partial charge in [-0.3, -0.25) is 0 Å². The number of carbonyl (C=O) groups is 1. The van der Waals surface area contributed by atoms with Gasteiger partial charge in [0.1, 0.15) is 6.61 Å². The number of aryl methyl sites for hydroxylation is 1. The number of ether oxygens (including phenoxy) is 2. The van der Waals surface area contributed by atoms with Crippen molar-refractivity contribution >= 4 is 23.4 Å². The maximum atomic E-state index is 11.6. The topological polar surface area (TPSA) is 69.2 Å². The molecule has 1 aromatic rings. The highest BCUT2D eigenvalue weighted by Gasteiger charge is 2.14. The van der Waals surface area contributed by atoms with Crippen LogP contribution in [0.5, 0.6) is 0 Å². The number of benzene rings is 1. The number of nitrogens with zero attached hydrogens (tertiary/aromatic N) is 1. The van der Waals surface area contributed by atoms with Crippen LogP contribution in [0.1, 0.15) is 44.2 Å². The van der Waals surface area contributed by atoms with Crippen molar-refractivity contribution < 1.29 is 19.1 Å². The highest BCUT2D eigenvalue weighted by atomic mass is 35.5. The van der Waals surface area contributed by atoms with Gasteiger partial charge in [-0.25, -0.2) is 4.79 Å². The van der Waals surface area contributed by atoms with Crippen molar-refractivity contribution in [3.63, 3.8) is 0 Å². The molecular weight excluding hydrogens is 368 g/mol. The summed E-state index contributed by atoms with van der Waals surface area (Å²) in [5.74, 6) is 0.0495. The highest BCUT2D eigenvalue weighted by Crippen LogP contribution is 2.11. The van der Waals surface area contributed by atoms with Crippen molar-refractivity contribution in [2.45, 2.75) is 45.6 Å². The predicted molar refractivity (Wildman–Crippen MR) is 108 cm³/mol. The summed E-state index contributed by atoms with van der Waals surface area (Å²) in [5.41, 5.74) is 2.46. The van der Waals surface area contributed by atoms with Gasteiger partial charge >= 0.3 is 6.09 Å². The lowest BCUT2D eigenvalue weighted by molar-refractivity contribution is 0.105. The fourth-order valence-electron chi connectivity index (χ4n) is 2.13. The number of oxime groups is 1. The summed E-state index contributed by atoms with van der Waals surface area (Å²) in [6.45, 7) is 7.06.